The van der Waals surface area contributed by atoms with Gasteiger partial charge in [0.25, 0.3) is 0 Å². The van der Waals surface area contributed by atoms with Gasteiger partial charge in [0.1, 0.15) is 23.1 Å². The summed E-state index contributed by atoms with van der Waals surface area (Å²) < 4.78 is 25.2. The molecule has 3 aliphatic rings. The topological polar surface area (TPSA) is 160 Å². The second-order valence-electron chi connectivity index (χ2n) is 14.2. The summed E-state index contributed by atoms with van der Waals surface area (Å²) in [5.41, 5.74) is 1.81. The number of hydrogen-bond donors (Lipinski definition) is 4. The van der Waals surface area contributed by atoms with Crippen LogP contribution in [0.15, 0.2) is 47.7 Å². The van der Waals surface area contributed by atoms with Crippen LogP contribution in [0.1, 0.15) is 84.1 Å². The second-order valence-corrected chi connectivity index (χ2v) is 14.2. The smallest absolute Gasteiger partial charge is 0.410 e. The first-order chi connectivity index (χ1) is 24.0. The van der Waals surface area contributed by atoms with Gasteiger partial charge in [-0.2, -0.15) is 0 Å². The SMILES string of the molecule is C=CCO[C@@]12Oc3ccc(O)cc3[C@H]3[C@H](CCCCO)[C@@H](CCCCO)C=C(C(=NOC(C)(C)C)C[C@@H]1N(CCOCCO)C(=O)OCC)[C@H]32. The van der Waals surface area contributed by atoms with Crippen molar-refractivity contribution < 1.29 is 49.0 Å². The van der Waals surface area contributed by atoms with Crippen LogP contribution in [0.4, 0.5) is 4.79 Å². The number of benzene rings is 1. The minimum absolute atomic E-state index is 0.0395. The van der Waals surface area contributed by atoms with E-state index in [4.69, 9.17) is 28.9 Å². The Bertz CT molecular complexity index is 1330. The van der Waals surface area contributed by atoms with Gasteiger partial charge in [-0.1, -0.05) is 30.1 Å². The van der Waals surface area contributed by atoms with Crippen molar-refractivity contribution in [2.45, 2.75) is 96.0 Å². The fourth-order valence-corrected chi connectivity index (χ4v) is 7.76. The van der Waals surface area contributed by atoms with Gasteiger partial charge in [0, 0.05) is 37.7 Å². The van der Waals surface area contributed by atoms with Gasteiger partial charge in [0.05, 0.1) is 44.7 Å². The first-order valence-electron chi connectivity index (χ1n) is 18.1. The number of carbonyl (C=O) groups excluding carboxylic acids is 1. The third-order valence-corrected chi connectivity index (χ3v) is 9.68. The van der Waals surface area contributed by atoms with E-state index in [1.54, 1.807) is 36.1 Å². The Labute approximate surface area is 296 Å². The maximum absolute atomic E-state index is 13.9. The van der Waals surface area contributed by atoms with E-state index in [9.17, 15) is 25.2 Å². The summed E-state index contributed by atoms with van der Waals surface area (Å²) in [7, 11) is 0. The van der Waals surface area contributed by atoms with Gasteiger partial charge in [-0.15, -0.1) is 6.58 Å². The van der Waals surface area contributed by atoms with Crippen molar-refractivity contribution in [2.24, 2.45) is 22.9 Å². The van der Waals surface area contributed by atoms with E-state index >= 15 is 0 Å². The van der Waals surface area contributed by atoms with Crippen LogP contribution >= 0.6 is 0 Å². The lowest BCUT2D eigenvalue weighted by Crippen LogP contribution is -2.70. The number of phenolic OH excluding ortho intramolecular Hbond substituents is 1. The molecule has 1 aromatic rings. The van der Waals surface area contributed by atoms with E-state index in [-0.39, 0.29) is 82.7 Å². The number of oxime groups is 1. The van der Waals surface area contributed by atoms with Crippen LogP contribution in [0.2, 0.25) is 0 Å². The molecule has 4 N–H and O–H groups in total. The zero-order chi connectivity index (χ0) is 36.3. The number of allylic oxidation sites excluding steroid dienone is 1. The van der Waals surface area contributed by atoms with Gasteiger partial charge in [-0.05, 0) is 89.0 Å². The van der Waals surface area contributed by atoms with Crippen LogP contribution in [0.25, 0.3) is 0 Å². The lowest BCUT2D eigenvalue weighted by Gasteiger charge is -2.59. The molecule has 1 amide bonds. The van der Waals surface area contributed by atoms with Crippen LogP contribution in [-0.4, -0.2) is 107 Å². The Kier molecular flexibility index (Phi) is 14.6. The number of rotatable bonds is 19. The number of phenols is 1. The van der Waals surface area contributed by atoms with E-state index in [2.05, 4.69) is 12.7 Å². The summed E-state index contributed by atoms with van der Waals surface area (Å²) in [6, 6.07) is 4.35. The fourth-order valence-electron chi connectivity index (χ4n) is 7.76. The predicted molar refractivity (Wildman–Crippen MR) is 189 cm³/mol. The van der Waals surface area contributed by atoms with Crippen molar-refractivity contribution in [1.29, 1.82) is 0 Å². The standard InChI is InChI=1S/C38H58N2O10/c1-6-20-48-38-33(40(36(45)47-7-2)16-21-46-22-19-43)25-31(39-50-37(3,4)5)29-23-26(12-8-10-17-41)28(13-9-11-18-42)34(35(29)38)30-24-27(44)14-15-32(30)49-38/h6,14-15,23-24,26,28,33-35,41-44H,1,7-13,16-22,25H2,2-5H3/t26-,28+,33-,34+,35+,38+/m0/s1. The van der Waals surface area contributed by atoms with E-state index in [1.165, 1.54) is 0 Å². The molecular formula is C38H58N2O10. The van der Waals surface area contributed by atoms with E-state index < -0.39 is 29.4 Å². The number of aliphatic hydroxyl groups is 3. The van der Waals surface area contributed by atoms with E-state index in [0.717, 1.165) is 36.8 Å². The molecular weight excluding hydrogens is 644 g/mol. The zero-order valence-corrected chi connectivity index (χ0v) is 30.2. The molecule has 0 saturated heterocycles. The van der Waals surface area contributed by atoms with Gasteiger partial charge < -0.3 is 44.2 Å². The Balaban J connectivity index is 2.02. The van der Waals surface area contributed by atoms with E-state index in [0.29, 0.717) is 24.3 Å². The van der Waals surface area contributed by atoms with Crippen molar-refractivity contribution in [3.05, 3.63) is 48.1 Å². The van der Waals surface area contributed by atoms with Gasteiger partial charge in [-0.3, -0.25) is 4.90 Å². The highest BCUT2D eigenvalue weighted by atomic mass is 16.7. The molecule has 0 radical (unpaired) electrons. The normalized spacial score (nSPS) is 26.3. The van der Waals surface area contributed by atoms with Crippen LogP contribution < -0.4 is 4.74 Å². The minimum atomic E-state index is -1.44. The molecule has 12 nitrogen and oxygen atoms in total. The van der Waals surface area contributed by atoms with E-state index in [1.807, 2.05) is 20.8 Å². The third-order valence-electron chi connectivity index (χ3n) is 9.68. The monoisotopic (exact) mass is 702 g/mol. The number of nitrogens with zero attached hydrogens (tertiary/aromatic N) is 2. The highest BCUT2D eigenvalue weighted by molar-refractivity contribution is 6.03. The maximum atomic E-state index is 13.9. The highest BCUT2D eigenvalue weighted by Gasteiger charge is 2.65. The first kappa shape index (κ1) is 39.6. The second kappa shape index (κ2) is 18.4. The van der Waals surface area contributed by atoms with Gasteiger partial charge in [-0.25, -0.2) is 4.79 Å². The largest absolute Gasteiger partial charge is 0.508 e. The van der Waals surface area contributed by atoms with Crippen molar-refractivity contribution in [1.82, 2.24) is 4.90 Å². The summed E-state index contributed by atoms with van der Waals surface area (Å²) in [6.45, 7) is 12.1. The number of carbonyl (C=O) groups is 1. The minimum Gasteiger partial charge on any atom is -0.508 e. The van der Waals surface area contributed by atoms with Crippen molar-refractivity contribution in [3.8, 4) is 11.5 Å². The molecule has 0 aromatic heterocycles. The number of amides is 1. The highest BCUT2D eigenvalue weighted by Crippen LogP contribution is 2.61. The first-order valence-corrected chi connectivity index (χ1v) is 18.1. The molecule has 12 heteroatoms. The molecule has 50 heavy (non-hydrogen) atoms. The summed E-state index contributed by atoms with van der Waals surface area (Å²) in [5.74, 6) is -1.41. The Morgan fingerprint density at radius 2 is 1.84 bits per heavy atom. The number of aromatic hydroxyl groups is 1. The summed E-state index contributed by atoms with van der Waals surface area (Å²) in [6.07, 6.45) is 8.11. The third kappa shape index (κ3) is 9.19. The molecule has 4 rings (SSSR count). The summed E-state index contributed by atoms with van der Waals surface area (Å²) in [4.78, 5) is 21.6. The van der Waals surface area contributed by atoms with Crippen LogP contribution in [-0.2, 0) is 19.0 Å². The average Bonchev–Trinajstić information content (AvgIpc) is 3.08. The number of fused-ring (bicyclic) bond motifs is 2. The van der Waals surface area contributed by atoms with Crippen molar-refractivity contribution >= 4 is 11.8 Å². The zero-order valence-electron chi connectivity index (χ0n) is 30.2. The van der Waals surface area contributed by atoms with Crippen LogP contribution in [0.3, 0.4) is 0 Å². The molecule has 1 aromatic carbocycles. The average molecular weight is 703 g/mol. The van der Waals surface area contributed by atoms with Crippen LogP contribution in [0.5, 0.6) is 11.5 Å². The number of unbranched alkanes of at least 4 members (excludes halogenated alkanes) is 2. The number of ether oxygens (including phenoxy) is 4. The predicted octanol–water partition coefficient (Wildman–Crippen LogP) is 5.29. The molecule has 2 aliphatic carbocycles. The maximum Gasteiger partial charge on any atom is 0.410 e. The van der Waals surface area contributed by atoms with Gasteiger partial charge >= 0.3 is 6.09 Å². The fraction of sp³-hybridized carbons (Fsp3) is 0.684. The number of hydrogen-bond acceptors (Lipinski definition) is 11. The van der Waals surface area contributed by atoms with Gasteiger partial charge in [0.15, 0.2) is 0 Å². The Hall–Kier alpha value is -3.16. The number of aliphatic hydroxyl groups excluding tert-OH is 3. The lowest BCUT2D eigenvalue weighted by atomic mass is 9.55. The molecule has 0 bridgehead atoms. The molecule has 0 unspecified atom stereocenters. The molecule has 1 heterocycles. The molecule has 0 spiro atoms. The van der Waals surface area contributed by atoms with Crippen molar-refractivity contribution in [2.75, 3.05) is 52.8 Å². The summed E-state index contributed by atoms with van der Waals surface area (Å²) in [5, 5.41) is 44.4. The summed E-state index contributed by atoms with van der Waals surface area (Å²) >= 11 is 0. The molecule has 280 valence electrons. The van der Waals surface area contributed by atoms with Gasteiger partial charge in [0.2, 0.25) is 5.79 Å². The lowest BCUT2D eigenvalue weighted by molar-refractivity contribution is -0.256. The molecule has 1 saturated carbocycles. The Morgan fingerprint density at radius 3 is 2.50 bits per heavy atom. The molecule has 6 atom stereocenters. The van der Waals surface area contributed by atoms with Crippen molar-refractivity contribution in [3.63, 3.8) is 0 Å². The molecule has 1 fully saturated rings. The molecule has 1 aliphatic heterocycles. The van der Waals surface area contributed by atoms with Crippen LogP contribution in [0, 0.1) is 17.8 Å². The Morgan fingerprint density at radius 1 is 1.10 bits per heavy atom. The quantitative estimate of drug-likeness (QED) is 0.0848.